The van der Waals surface area contributed by atoms with E-state index in [0.29, 0.717) is 0 Å². The summed E-state index contributed by atoms with van der Waals surface area (Å²) in [5, 5.41) is 0. The zero-order valence-electron chi connectivity index (χ0n) is 12.9. The second-order valence-corrected chi connectivity index (χ2v) is 5.78. The van der Waals surface area contributed by atoms with Crippen LogP contribution in [0.1, 0.15) is 17.5 Å². The second kappa shape index (κ2) is 6.65. The Labute approximate surface area is 131 Å². The Hall–Kier alpha value is -2.29. The summed E-state index contributed by atoms with van der Waals surface area (Å²) in [6, 6.07) is 18.2. The number of nitrogens with zero attached hydrogens (tertiary/aromatic N) is 1. The van der Waals surface area contributed by atoms with Gasteiger partial charge in [0.1, 0.15) is 5.75 Å². The van der Waals surface area contributed by atoms with Crippen molar-refractivity contribution in [3.05, 3.63) is 65.7 Å². The number of benzene rings is 2. The van der Waals surface area contributed by atoms with Gasteiger partial charge in [-0.25, -0.2) is 0 Å². The first-order chi connectivity index (χ1) is 10.8. The van der Waals surface area contributed by atoms with Gasteiger partial charge in [0, 0.05) is 19.0 Å². The van der Waals surface area contributed by atoms with E-state index in [9.17, 15) is 4.79 Å². The van der Waals surface area contributed by atoms with Gasteiger partial charge in [0.2, 0.25) is 5.91 Å². The SMILES string of the molecule is COc1ccc(CC2CCN(Cc3ccccc3)C2=O)cc1. The lowest BCUT2D eigenvalue weighted by Crippen LogP contribution is -2.27. The molecular weight excluding hydrogens is 274 g/mol. The summed E-state index contributed by atoms with van der Waals surface area (Å²) in [6.07, 6.45) is 1.76. The predicted molar refractivity (Wildman–Crippen MR) is 86.7 cm³/mol. The topological polar surface area (TPSA) is 29.5 Å². The van der Waals surface area contributed by atoms with Crippen molar-refractivity contribution in [1.29, 1.82) is 0 Å². The number of carbonyl (C=O) groups is 1. The van der Waals surface area contributed by atoms with Crippen LogP contribution in [0.25, 0.3) is 0 Å². The van der Waals surface area contributed by atoms with E-state index >= 15 is 0 Å². The fourth-order valence-corrected chi connectivity index (χ4v) is 3.00. The number of carbonyl (C=O) groups excluding carboxylic acids is 1. The summed E-state index contributed by atoms with van der Waals surface area (Å²) < 4.78 is 5.17. The molecule has 3 heteroatoms. The molecule has 0 saturated carbocycles. The van der Waals surface area contributed by atoms with Crippen molar-refractivity contribution >= 4 is 5.91 Å². The lowest BCUT2D eigenvalue weighted by Gasteiger charge is -2.17. The predicted octanol–water partition coefficient (Wildman–Crippen LogP) is 3.29. The van der Waals surface area contributed by atoms with E-state index in [1.165, 1.54) is 11.1 Å². The molecular formula is C19H21NO2. The number of methoxy groups -OCH3 is 1. The van der Waals surface area contributed by atoms with Crippen LogP contribution in [0.4, 0.5) is 0 Å². The number of hydrogen-bond acceptors (Lipinski definition) is 2. The average molecular weight is 295 g/mol. The van der Waals surface area contributed by atoms with Crippen LogP contribution >= 0.6 is 0 Å². The highest BCUT2D eigenvalue weighted by Crippen LogP contribution is 2.24. The zero-order valence-corrected chi connectivity index (χ0v) is 12.9. The van der Waals surface area contributed by atoms with Gasteiger partial charge in [-0.3, -0.25) is 4.79 Å². The Kier molecular flexibility index (Phi) is 4.42. The molecule has 2 aromatic rings. The molecule has 3 nitrogen and oxygen atoms in total. The maximum Gasteiger partial charge on any atom is 0.226 e. The molecule has 0 N–H and O–H groups in total. The molecule has 1 fully saturated rings. The van der Waals surface area contributed by atoms with Crippen molar-refractivity contribution in [3.63, 3.8) is 0 Å². The fraction of sp³-hybridized carbons (Fsp3) is 0.316. The van der Waals surface area contributed by atoms with Gasteiger partial charge in [-0.15, -0.1) is 0 Å². The van der Waals surface area contributed by atoms with E-state index in [4.69, 9.17) is 4.74 Å². The molecule has 0 bridgehead atoms. The molecule has 1 saturated heterocycles. The number of hydrogen-bond donors (Lipinski definition) is 0. The highest BCUT2D eigenvalue weighted by molar-refractivity contribution is 5.81. The van der Waals surface area contributed by atoms with Crippen LogP contribution < -0.4 is 4.74 Å². The van der Waals surface area contributed by atoms with Crippen LogP contribution in [-0.2, 0) is 17.8 Å². The molecule has 3 rings (SSSR count). The monoisotopic (exact) mass is 295 g/mol. The minimum Gasteiger partial charge on any atom is -0.497 e. The molecule has 1 heterocycles. The van der Waals surface area contributed by atoms with Crippen LogP contribution in [-0.4, -0.2) is 24.5 Å². The molecule has 1 aliphatic rings. The molecule has 1 amide bonds. The highest BCUT2D eigenvalue weighted by Gasteiger charge is 2.31. The summed E-state index contributed by atoms with van der Waals surface area (Å²) in [5.41, 5.74) is 2.39. The van der Waals surface area contributed by atoms with Gasteiger partial charge in [-0.2, -0.15) is 0 Å². The van der Waals surface area contributed by atoms with Crippen LogP contribution in [0.5, 0.6) is 5.75 Å². The molecule has 0 aliphatic carbocycles. The van der Waals surface area contributed by atoms with Crippen LogP contribution in [0.15, 0.2) is 54.6 Å². The van der Waals surface area contributed by atoms with Gasteiger partial charge in [-0.1, -0.05) is 42.5 Å². The van der Waals surface area contributed by atoms with E-state index in [1.807, 2.05) is 47.4 Å². The maximum atomic E-state index is 12.5. The van der Waals surface area contributed by atoms with Crippen molar-refractivity contribution in [2.75, 3.05) is 13.7 Å². The first-order valence-corrected chi connectivity index (χ1v) is 7.72. The largest absolute Gasteiger partial charge is 0.497 e. The molecule has 114 valence electrons. The van der Waals surface area contributed by atoms with Crippen molar-refractivity contribution < 1.29 is 9.53 Å². The standard InChI is InChI=1S/C19H21NO2/c1-22-18-9-7-15(8-10-18)13-17-11-12-20(19(17)21)14-16-5-3-2-4-6-16/h2-10,17H,11-14H2,1H3. The molecule has 1 atom stereocenters. The minimum absolute atomic E-state index is 0.108. The Morgan fingerprint density at radius 2 is 1.77 bits per heavy atom. The lowest BCUT2D eigenvalue weighted by molar-refractivity contribution is -0.131. The van der Waals surface area contributed by atoms with Crippen molar-refractivity contribution in [3.8, 4) is 5.75 Å². The van der Waals surface area contributed by atoms with Gasteiger partial charge >= 0.3 is 0 Å². The van der Waals surface area contributed by atoms with Crippen LogP contribution in [0.2, 0.25) is 0 Å². The van der Waals surface area contributed by atoms with Crippen LogP contribution in [0.3, 0.4) is 0 Å². The molecule has 0 spiro atoms. The molecule has 0 aromatic heterocycles. The number of rotatable bonds is 5. The van der Waals surface area contributed by atoms with Gasteiger partial charge in [0.15, 0.2) is 0 Å². The summed E-state index contributed by atoms with van der Waals surface area (Å²) in [6.45, 7) is 1.58. The summed E-state index contributed by atoms with van der Waals surface area (Å²) >= 11 is 0. The fourth-order valence-electron chi connectivity index (χ4n) is 3.00. The van der Waals surface area contributed by atoms with Crippen LogP contribution in [0, 0.1) is 5.92 Å². The molecule has 1 unspecified atom stereocenters. The molecule has 2 aromatic carbocycles. The Bertz CT molecular complexity index is 622. The Morgan fingerprint density at radius 1 is 1.05 bits per heavy atom. The number of ether oxygens (including phenoxy) is 1. The third kappa shape index (κ3) is 3.30. The summed E-state index contributed by atoms with van der Waals surface area (Å²) in [4.78, 5) is 14.5. The van der Waals surface area contributed by atoms with E-state index in [1.54, 1.807) is 7.11 Å². The Balaban J connectivity index is 1.60. The average Bonchev–Trinajstić information content (AvgIpc) is 2.90. The van der Waals surface area contributed by atoms with E-state index in [0.717, 1.165) is 31.7 Å². The Morgan fingerprint density at radius 3 is 2.45 bits per heavy atom. The van der Waals surface area contributed by atoms with Gasteiger partial charge in [-0.05, 0) is 36.1 Å². The normalized spacial score (nSPS) is 17.8. The van der Waals surface area contributed by atoms with Gasteiger partial charge in [0.05, 0.1) is 7.11 Å². The number of likely N-dealkylation sites (tertiary alicyclic amines) is 1. The van der Waals surface area contributed by atoms with Gasteiger partial charge in [0.25, 0.3) is 0 Å². The summed E-state index contributed by atoms with van der Waals surface area (Å²) in [5.74, 6) is 1.24. The second-order valence-electron chi connectivity index (χ2n) is 5.78. The smallest absolute Gasteiger partial charge is 0.226 e. The maximum absolute atomic E-state index is 12.5. The first kappa shape index (κ1) is 14.6. The third-order valence-corrected chi connectivity index (χ3v) is 4.27. The minimum atomic E-state index is 0.108. The zero-order chi connectivity index (χ0) is 15.4. The number of amides is 1. The van der Waals surface area contributed by atoms with Crippen molar-refractivity contribution in [1.82, 2.24) is 4.90 Å². The molecule has 0 radical (unpaired) electrons. The lowest BCUT2D eigenvalue weighted by atomic mass is 9.98. The van der Waals surface area contributed by atoms with Crippen molar-refractivity contribution in [2.45, 2.75) is 19.4 Å². The first-order valence-electron chi connectivity index (χ1n) is 7.72. The molecule has 22 heavy (non-hydrogen) atoms. The molecule has 1 aliphatic heterocycles. The third-order valence-electron chi connectivity index (χ3n) is 4.27. The van der Waals surface area contributed by atoms with E-state index in [-0.39, 0.29) is 11.8 Å². The quantitative estimate of drug-likeness (QED) is 0.847. The van der Waals surface area contributed by atoms with Gasteiger partial charge < -0.3 is 9.64 Å². The summed E-state index contributed by atoms with van der Waals surface area (Å²) in [7, 11) is 1.66. The van der Waals surface area contributed by atoms with Crippen molar-refractivity contribution in [2.24, 2.45) is 5.92 Å². The highest BCUT2D eigenvalue weighted by atomic mass is 16.5. The van der Waals surface area contributed by atoms with E-state index < -0.39 is 0 Å². The van der Waals surface area contributed by atoms with E-state index in [2.05, 4.69) is 12.1 Å².